The van der Waals surface area contributed by atoms with Crippen molar-refractivity contribution in [1.29, 1.82) is 0 Å². The SMILES string of the molecule is O=CCC(c1ccccc1Cl)C12CC3CC(CC(C3)C1)C2. The van der Waals surface area contributed by atoms with Crippen molar-refractivity contribution in [3.05, 3.63) is 34.9 Å². The van der Waals surface area contributed by atoms with Crippen LogP contribution in [0, 0.1) is 23.2 Å². The third kappa shape index (κ3) is 2.25. The number of carbonyl (C=O) groups excluding carboxylic acids is 1. The largest absolute Gasteiger partial charge is 0.303 e. The van der Waals surface area contributed by atoms with Crippen molar-refractivity contribution in [2.24, 2.45) is 23.2 Å². The van der Waals surface area contributed by atoms with E-state index in [1.54, 1.807) is 0 Å². The van der Waals surface area contributed by atoms with Crippen LogP contribution in [-0.4, -0.2) is 6.29 Å². The molecule has 4 aliphatic rings. The van der Waals surface area contributed by atoms with E-state index in [0.717, 1.165) is 29.1 Å². The Bertz CT molecular complexity index is 515. The van der Waals surface area contributed by atoms with Gasteiger partial charge in [0.2, 0.25) is 0 Å². The van der Waals surface area contributed by atoms with Gasteiger partial charge < -0.3 is 4.79 Å². The first kappa shape index (κ1) is 13.8. The minimum atomic E-state index is 0.331. The van der Waals surface area contributed by atoms with Gasteiger partial charge in [-0.1, -0.05) is 29.8 Å². The van der Waals surface area contributed by atoms with Crippen LogP contribution in [0.4, 0.5) is 0 Å². The maximum absolute atomic E-state index is 11.3. The predicted molar refractivity (Wildman–Crippen MR) is 85.5 cm³/mol. The first-order valence-corrected chi connectivity index (χ1v) is 8.76. The molecule has 5 rings (SSSR count). The Balaban J connectivity index is 1.74. The highest BCUT2D eigenvalue weighted by molar-refractivity contribution is 6.31. The Labute approximate surface area is 132 Å². The van der Waals surface area contributed by atoms with Gasteiger partial charge >= 0.3 is 0 Å². The van der Waals surface area contributed by atoms with Gasteiger partial charge in [-0.15, -0.1) is 0 Å². The van der Waals surface area contributed by atoms with Gasteiger partial charge in [0, 0.05) is 11.4 Å². The fraction of sp³-hybridized carbons (Fsp3) is 0.632. The molecule has 0 saturated heterocycles. The summed E-state index contributed by atoms with van der Waals surface area (Å²) in [6.45, 7) is 0. The van der Waals surface area contributed by atoms with Crippen molar-refractivity contribution in [1.82, 2.24) is 0 Å². The number of halogens is 1. The highest BCUT2D eigenvalue weighted by Gasteiger charge is 2.54. The Hall–Kier alpha value is -0.820. The molecule has 112 valence electrons. The van der Waals surface area contributed by atoms with E-state index in [-0.39, 0.29) is 0 Å². The number of benzene rings is 1. The fourth-order valence-corrected chi connectivity index (χ4v) is 6.43. The number of carbonyl (C=O) groups is 1. The lowest BCUT2D eigenvalue weighted by Crippen LogP contribution is -2.49. The van der Waals surface area contributed by atoms with Gasteiger partial charge in [0.05, 0.1) is 0 Å². The van der Waals surface area contributed by atoms with Gasteiger partial charge in [0.15, 0.2) is 0 Å². The fourth-order valence-electron chi connectivity index (χ4n) is 6.17. The molecule has 4 aliphatic carbocycles. The summed E-state index contributed by atoms with van der Waals surface area (Å²) in [5.41, 5.74) is 1.56. The minimum Gasteiger partial charge on any atom is -0.303 e. The molecule has 4 bridgehead atoms. The summed E-state index contributed by atoms with van der Waals surface area (Å²) >= 11 is 6.48. The number of aldehydes is 1. The van der Waals surface area contributed by atoms with Crippen molar-refractivity contribution in [3.63, 3.8) is 0 Å². The first-order valence-electron chi connectivity index (χ1n) is 8.38. The average molecular weight is 303 g/mol. The van der Waals surface area contributed by atoms with E-state index in [4.69, 9.17) is 11.6 Å². The van der Waals surface area contributed by atoms with Crippen molar-refractivity contribution in [2.75, 3.05) is 0 Å². The van der Waals surface area contributed by atoms with Gasteiger partial charge in [-0.25, -0.2) is 0 Å². The lowest BCUT2D eigenvalue weighted by Gasteiger charge is -2.59. The molecule has 0 radical (unpaired) electrons. The second-order valence-electron chi connectivity index (χ2n) is 7.76. The molecule has 1 aromatic carbocycles. The Morgan fingerprint density at radius 2 is 1.67 bits per heavy atom. The van der Waals surface area contributed by atoms with Gasteiger partial charge in [0.25, 0.3) is 0 Å². The van der Waals surface area contributed by atoms with Crippen LogP contribution >= 0.6 is 11.6 Å². The van der Waals surface area contributed by atoms with E-state index in [1.165, 1.54) is 44.1 Å². The summed E-state index contributed by atoms with van der Waals surface area (Å²) in [7, 11) is 0. The van der Waals surface area contributed by atoms with Gasteiger partial charge in [-0.2, -0.15) is 0 Å². The normalized spacial score (nSPS) is 38.4. The lowest BCUT2D eigenvalue weighted by atomic mass is 9.45. The second kappa shape index (κ2) is 5.12. The molecule has 0 aromatic heterocycles. The summed E-state index contributed by atoms with van der Waals surface area (Å²) in [5, 5.41) is 0.847. The molecule has 4 fully saturated rings. The Kier molecular flexibility index (Phi) is 3.37. The van der Waals surface area contributed by atoms with Gasteiger partial charge in [0.1, 0.15) is 6.29 Å². The smallest absolute Gasteiger partial charge is 0.120 e. The van der Waals surface area contributed by atoms with Crippen LogP contribution in [0.15, 0.2) is 24.3 Å². The maximum Gasteiger partial charge on any atom is 0.120 e. The zero-order chi connectivity index (χ0) is 14.4. The van der Waals surface area contributed by atoms with Crippen LogP contribution in [-0.2, 0) is 4.79 Å². The quantitative estimate of drug-likeness (QED) is 0.696. The van der Waals surface area contributed by atoms with Crippen molar-refractivity contribution in [2.45, 2.75) is 50.9 Å². The molecule has 2 heteroatoms. The molecule has 1 nitrogen and oxygen atoms in total. The highest BCUT2D eigenvalue weighted by Crippen LogP contribution is 2.65. The topological polar surface area (TPSA) is 17.1 Å². The van der Waals surface area contributed by atoms with E-state index in [2.05, 4.69) is 12.1 Å². The maximum atomic E-state index is 11.3. The molecule has 0 aliphatic heterocycles. The molecule has 1 unspecified atom stereocenters. The highest BCUT2D eigenvalue weighted by atomic mass is 35.5. The zero-order valence-corrected chi connectivity index (χ0v) is 13.2. The van der Waals surface area contributed by atoms with E-state index in [0.29, 0.717) is 17.8 Å². The first-order chi connectivity index (χ1) is 10.2. The molecule has 0 amide bonds. The van der Waals surface area contributed by atoms with E-state index in [9.17, 15) is 4.79 Å². The average Bonchev–Trinajstić information content (AvgIpc) is 2.44. The Morgan fingerprint density at radius 3 is 2.19 bits per heavy atom. The van der Waals surface area contributed by atoms with Crippen LogP contribution < -0.4 is 0 Å². The summed E-state index contributed by atoms with van der Waals surface area (Å²) < 4.78 is 0. The molecule has 0 heterocycles. The van der Waals surface area contributed by atoms with Crippen LogP contribution in [0.2, 0.25) is 5.02 Å². The number of hydrogen-bond donors (Lipinski definition) is 0. The molecule has 0 N–H and O–H groups in total. The van der Waals surface area contributed by atoms with Crippen LogP contribution in [0.1, 0.15) is 56.4 Å². The second-order valence-corrected chi connectivity index (χ2v) is 8.16. The van der Waals surface area contributed by atoms with Gasteiger partial charge in [-0.3, -0.25) is 0 Å². The predicted octanol–water partition coefficient (Wildman–Crippen LogP) is 5.23. The monoisotopic (exact) mass is 302 g/mol. The number of rotatable bonds is 4. The van der Waals surface area contributed by atoms with E-state index < -0.39 is 0 Å². The third-order valence-electron chi connectivity index (χ3n) is 6.44. The summed E-state index contributed by atoms with van der Waals surface area (Å²) in [6.07, 6.45) is 10.0. The standard InChI is InChI=1S/C19H23ClO/c20-18-4-2-1-3-16(18)17(5-6-21)19-10-13-7-14(11-19)9-15(8-13)12-19/h1-4,6,13-15,17H,5,7-12H2. The van der Waals surface area contributed by atoms with E-state index in [1.807, 2.05) is 12.1 Å². The summed E-state index contributed by atoms with van der Waals surface area (Å²) in [6, 6.07) is 8.19. The molecule has 21 heavy (non-hydrogen) atoms. The summed E-state index contributed by atoms with van der Waals surface area (Å²) in [4.78, 5) is 11.3. The molecular weight excluding hydrogens is 280 g/mol. The summed E-state index contributed by atoms with van der Waals surface area (Å²) in [5.74, 6) is 3.06. The molecular formula is C19H23ClO. The molecule has 1 atom stereocenters. The third-order valence-corrected chi connectivity index (χ3v) is 6.78. The van der Waals surface area contributed by atoms with Crippen molar-refractivity contribution in [3.8, 4) is 0 Å². The van der Waals surface area contributed by atoms with Gasteiger partial charge in [-0.05, 0) is 79.2 Å². The number of hydrogen-bond acceptors (Lipinski definition) is 1. The zero-order valence-electron chi connectivity index (χ0n) is 12.4. The van der Waals surface area contributed by atoms with Crippen LogP contribution in [0.25, 0.3) is 0 Å². The minimum absolute atomic E-state index is 0.331. The molecule has 1 aromatic rings. The van der Waals surface area contributed by atoms with Crippen molar-refractivity contribution >= 4 is 17.9 Å². The molecule has 0 spiro atoms. The van der Waals surface area contributed by atoms with Crippen molar-refractivity contribution < 1.29 is 4.79 Å². The van der Waals surface area contributed by atoms with Crippen LogP contribution in [0.3, 0.4) is 0 Å². The van der Waals surface area contributed by atoms with E-state index >= 15 is 0 Å². The Morgan fingerprint density at radius 1 is 1.10 bits per heavy atom. The van der Waals surface area contributed by atoms with Crippen LogP contribution in [0.5, 0.6) is 0 Å². The lowest BCUT2D eigenvalue weighted by molar-refractivity contribution is -0.111. The molecule has 4 saturated carbocycles.